The summed E-state index contributed by atoms with van der Waals surface area (Å²) in [6.07, 6.45) is 8.28. The zero-order chi connectivity index (χ0) is 21.0. The second-order valence-corrected chi connectivity index (χ2v) is 10.2. The Kier molecular flexibility index (Phi) is 12.9. The summed E-state index contributed by atoms with van der Waals surface area (Å²) in [6.45, 7) is 25.3. The molecular formula is C24H51N3O. The number of nitrogens with zero attached hydrogens (tertiary/aromatic N) is 3. The van der Waals surface area contributed by atoms with Crippen LogP contribution in [0.1, 0.15) is 87.0 Å². The third kappa shape index (κ3) is 11.1. The van der Waals surface area contributed by atoms with E-state index in [1.165, 1.54) is 71.2 Å². The Morgan fingerprint density at radius 2 is 1.04 bits per heavy atom. The molecule has 0 atom stereocenters. The Morgan fingerprint density at radius 3 is 1.43 bits per heavy atom. The molecule has 4 nitrogen and oxygen atoms in total. The molecule has 0 aromatic rings. The van der Waals surface area contributed by atoms with E-state index in [0.29, 0.717) is 5.54 Å². The van der Waals surface area contributed by atoms with Gasteiger partial charge in [0.05, 0.1) is 6.61 Å². The first-order valence-electron chi connectivity index (χ1n) is 12.0. The van der Waals surface area contributed by atoms with Crippen LogP contribution in [0.5, 0.6) is 0 Å². The lowest BCUT2D eigenvalue weighted by molar-refractivity contribution is 0.110. The van der Waals surface area contributed by atoms with E-state index in [1.807, 2.05) is 0 Å². The van der Waals surface area contributed by atoms with Crippen molar-refractivity contribution in [2.75, 3.05) is 52.5 Å². The van der Waals surface area contributed by atoms with E-state index in [-0.39, 0.29) is 0 Å². The minimum absolute atomic E-state index is 0.313. The molecule has 3 aliphatic rings. The number of likely N-dealkylation sites (tertiary alicyclic amines) is 2. The van der Waals surface area contributed by atoms with Crippen LogP contribution in [0.2, 0.25) is 0 Å². The Bertz CT molecular complexity index is 359. The Labute approximate surface area is 177 Å². The minimum atomic E-state index is 0.313. The normalized spacial score (nSPS) is 23.0. The number of hydrogen-bond donors (Lipinski definition) is 0. The van der Waals surface area contributed by atoms with E-state index in [2.05, 4.69) is 63.2 Å². The number of piperidine rings is 1. The molecule has 0 spiro atoms. The average Bonchev–Trinajstić information content (AvgIpc) is 3.05. The Hall–Kier alpha value is -0.160. The fourth-order valence-electron chi connectivity index (χ4n) is 4.11. The molecule has 3 saturated heterocycles. The SMILES string of the molecule is CC(C)(C)N1CCCOCC1.CC(C)N1CCCC1.CC(C)N1CCCCC1. The van der Waals surface area contributed by atoms with Gasteiger partial charge in [-0.2, -0.15) is 0 Å². The van der Waals surface area contributed by atoms with Crippen molar-refractivity contribution < 1.29 is 4.74 Å². The monoisotopic (exact) mass is 397 g/mol. The summed E-state index contributed by atoms with van der Waals surface area (Å²) >= 11 is 0. The van der Waals surface area contributed by atoms with Crippen molar-refractivity contribution in [3.8, 4) is 0 Å². The zero-order valence-corrected chi connectivity index (χ0v) is 20.3. The highest BCUT2D eigenvalue weighted by Gasteiger charge is 2.21. The topological polar surface area (TPSA) is 19.0 Å². The van der Waals surface area contributed by atoms with Crippen molar-refractivity contribution in [1.29, 1.82) is 0 Å². The lowest BCUT2D eigenvalue weighted by Gasteiger charge is -2.33. The first-order valence-corrected chi connectivity index (χ1v) is 12.0. The van der Waals surface area contributed by atoms with Crippen molar-refractivity contribution in [2.24, 2.45) is 0 Å². The highest BCUT2D eigenvalue weighted by molar-refractivity contribution is 4.77. The van der Waals surface area contributed by atoms with Gasteiger partial charge < -0.3 is 14.5 Å². The van der Waals surface area contributed by atoms with Crippen molar-refractivity contribution in [3.63, 3.8) is 0 Å². The van der Waals surface area contributed by atoms with Gasteiger partial charge >= 0.3 is 0 Å². The summed E-state index contributed by atoms with van der Waals surface area (Å²) in [6, 6.07) is 1.54. The van der Waals surface area contributed by atoms with Gasteiger partial charge in [-0.15, -0.1) is 0 Å². The molecule has 3 heterocycles. The molecule has 3 fully saturated rings. The first-order chi connectivity index (χ1) is 13.2. The van der Waals surface area contributed by atoms with Crippen molar-refractivity contribution in [1.82, 2.24) is 14.7 Å². The summed E-state index contributed by atoms with van der Waals surface area (Å²) in [5.74, 6) is 0. The summed E-state index contributed by atoms with van der Waals surface area (Å²) in [7, 11) is 0. The van der Waals surface area contributed by atoms with Crippen LogP contribution in [0.4, 0.5) is 0 Å². The third-order valence-electron chi connectivity index (χ3n) is 6.16. The molecule has 0 aromatic heterocycles. The van der Waals surface area contributed by atoms with E-state index >= 15 is 0 Å². The fraction of sp³-hybridized carbons (Fsp3) is 1.00. The molecular weight excluding hydrogens is 346 g/mol. The van der Waals surface area contributed by atoms with Crippen LogP contribution < -0.4 is 0 Å². The predicted octanol–water partition coefficient (Wildman–Crippen LogP) is 4.88. The molecule has 3 rings (SSSR count). The molecule has 4 heteroatoms. The largest absolute Gasteiger partial charge is 0.380 e. The number of hydrogen-bond acceptors (Lipinski definition) is 4. The maximum Gasteiger partial charge on any atom is 0.0593 e. The van der Waals surface area contributed by atoms with Crippen LogP contribution in [0.25, 0.3) is 0 Å². The molecule has 0 amide bonds. The van der Waals surface area contributed by atoms with Crippen molar-refractivity contribution in [3.05, 3.63) is 0 Å². The molecule has 28 heavy (non-hydrogen) atoms. The van der Waals surface area contributed by atoms with E-state index in [0.717, 1.165) is 31.8 Å². The summed E-state index contributed by atoms with van der Waals surface area (Å²) in [5.41, 5.74) is 0.313. The second-order valence-electron chi connectivity index (χ2n) is 10.2. The third-order valence-corrected chi connectivity index (χ3v) is 6.16. The van der Waals surface area contributed by atoms with Gasteiger partial charge in [-0.05, 0) is 107 Å². The first kappa shape index (κ1) is 25.9. The van der Waals surface area contributed by atoms with Gasteiger partial charge in [-0.1, -0.05) is 6.42 Å². The zero-order valence-electron chi connectivity index (χ0n) is 20.3. The maximum atomic E-state index is 5.38. The maximum absolute atomic E-state index is 5.38. The summed E-state index contributed by atoms with van der Waals surface area (Å²) in [5, 5.41) is 0. The van der Waals surface area contributed by atoms with Gasteiger partial charge in [0.2, 0.25) is 0 Å². The summed E-state index contributed by atoms with van der Waals surface area (Å²) in [4.78, 5) is 7.57. The van der Waals surface area contributed by atoms with Crippen molar-refractivity contribution >= 4 is 0 Å². The fourth-order valence-corrected chi connectivity index (χ4v) is 4.11. The lowest BCUT2D eigenvalue weighted by atomic mass is 10.1. The predicted molar refractivity (Wildman–Crippen MR) is 123 cm³/mol. The van der Waals surface area contributed by atoms with E-state index in [9.17, 15) is 0 Å². The Balaban J connectivity index is 0.000000213. The smallest absolute Gasteiger partial charge is 0.0593 e. The molecule has 0 saturated carbocycles. The van der Waals surface area contributed by atoms with Crippen LogP contribution in [0, 0.1) is 0 Å². The van der Waals surface area contributed by atoms with Gasteiger partial charge in [-0.3, -0.25) is 4.90 Å². The van der Waals surface area contributed by atoms with Crippen LogP contribution in [0.15, 0.2) is 0 Å². The van der Waals surface area contributed by atoms with Gasteiger partial charge in [0, 0.05) is 37.3 Å². The molecule has 0 radical (unpaired) electrons. The molecule has 0 aromatic carbocycles. The molecule has 0 unspecified atom stereocenters. The standard InChI is InChI=1S/C9H19NO.C8H17N.C7H15N/c1-9(2,3)10-5-4-7-11-8-6-10;1-8(2)9-6-4-3-5-7-9;1-7(2)8-5-3-4-6-8/h4-8H2,1-3H3;8H,3-7H2,1-2H3;7H,3-6H2,1-2H3. The molecule has 0 bridgehead atoms. The van der Waals surface area contributed by atoms with Gasteiger partial charge in [0.1, 0.15) is 0 Å². The lowest BCUT2D eigenvalue weighted by Crippen LogP contribution is -2.42. The second kappa shape index (κ2) is 14.0. The highest BCUT2D eigenvalue weighted by Crippen LogP contribution is 2.14. The van der Waals surface area contributed by atoms with E-state index in [1.54, 1.807) is 0 Å². The quantitative estimate of drug-likeness (QED) is 0.661. The average molecular weight is 398 g/mol. The summed E-state index contributed by atoms with van der Waals surface area (Å²) < 4.78 is 5.38. The van der Waals surface area contributed by atoms with E-state index < -0.39 is 0 Å². The van der Waals surface area contributed by atoms with Gasteiger partial charge in [0.15, 0.2) is 0 Å². The number of ether oxygens (including phenoxy) is 1. The van der Waals surface area contributed by atoms with Crippen LogP contribution >= 0.6 is 0 Å². The van der Waals surface area contributed by atoms with E-state index in [4.69, 9.17) is 4.74 Å². The van der Waals surface area contributed by atoms with Crippen LogP contribution in [-0.2, 0) is 4.74 Å². The van der Waals surface area contributed by atoms with Gasteiger partial charge in [-0.25, -0.2) is 0 Å². The highest BCUT2D eigenvalue weighted by atomic mass is 16.5. The number of rotatable bonds is 2. The molecule has 0 N–H and O–H groups in total. The molecule has 3 aliphatic heterocycles. The van der Waals surface area contributed by atoms with Crippen LogP contribution in [0.3, 0.4) is 0 Å². The Morgan fingerprint density at radius 1 is 0.571 bits per heavy atom. The minimum Gasteiger partial charge on any atom is -0.380 e. The molecule has 168 valence electrons. The van der Waals surface area contributed by atoms with Crippen molar-refractivity contribution in [2.45, 2.75) is 105 Å². The van der Waals surface area contributed by atoms with Gasteiger partial charge in [0.25, 0.3) is 0 Å². The van der Waals surface area contributed by atoms with Crippen LogP contribution in [-0.4, -0.2) is 84.8 Å². The molecule has 0 aliphatic carbocycles.